The van der Waals surface area contributed by atoms with Crippen molar-refractivity contribution < 1.29 is 13.2 Å². The lowest BCUT2D eigenvalue weighted by molar-refractivity contribution is -0.134. The van der Waals surface area contributed by atoms with E-state index in [9.17, 15) is 13.2 Å². The van der Waals surface area contributed by atoms with E-state index in [4.69, 9.17) is 0 Å². The van der Waals surface area contributed by atoms with Gasteiger partial charge in [0.1, 0.15) is 0 Å². The van der Waals surface area contributed by atoms with E-state index in [1.165, 1.54) is 6.26 Å². The molecule has 0 bridgehead atoms. The fourth-order valence-corrected chi connectivity index (χ4v) is 3.95. The molecule has 7 heteroatoms. The van der Waals surface area contributed by atoms with Crippen LogP contribution >= 0.6 is 0 Å². The first-order valence-corrected chi connectivity index (χ1v) is 9.70. The molecular weight excluding hydrogens is 290 g/mol. The highest BCUT2D eigenvalue weighted by Gasteiger charge is 2.26. The van der Waals surface area contributed by atoms with Crippen LogP contribution < -0.4 is 4.72 Å². The van der Waals surface area contributed by atoms with Crippen molar-refractivity contribution in [1.29, 1.82) is 0 Å². The van der Waals surface area contributed by atoms with E-state index in [0.717, 1.165) is 45.3 Å². The number of carbonyl (C=O) groups excluding carboxylic acids is 1. The summed E-state index contributed by atoms with van der Waals surface area (Å²) >= 11 is 0. The molecule has 2 aliphatic rings. The van der Waals surface area contributed by atoms with E-state index in [0.29, 0.717) is 19.0 Å². The quantitative estimate of drug-likeness (QED) is 0.807. The number of piperidine rings is 2. The molecule has 0 aliphatic carbocycles. The van der Waals surface area contributed by atoms with Gasteiger partial charge in [0.05, 0.1) is 12.8 Å². The first-order valence-electron chi connectivity index (χ1n) is 7.81. The summed E-state index contributed by atoms with van der Waals surface area (Å²) in [5, 5.41) is 0. The Hall–Kier alpha value is -0.660. The minimum absolute atomic E-state index is 0.0667. The molecule has 21 heavy (non-hydrogen) atoms. The van der Waals surface area contributed by atoms with E-state index in [2.05, 4.69) is 16.5 Å². The minimum Gasteiger partial charge on any atom is -0.342 e. The number of hydrogen-bond acceptors (Lipinski definition) is 4. The monoisotopic (exact) mass is 317 g/mol. The van der Waals surface area contributed by atoms with Crippen LogP contribution in [-0.2, 0) is 14.8 Å². The second-order valence-electron chi connectivity index (χ2n) is 6.53. The van der Waals surface area contributed by atoms with Crippen molar-refractivity contribution in [3.05, 3.63) is 0 Å². The molecule has 0 saturated carbocycles. The Kier molecular flexibility index (Phi) is 5.62. The van der Waals surface area contributed by atoms with Crippen LogP contribution in [0.3, 0.4) is 0 Å². The number of carbonyl (C=O) groups is 1. The van der Waals surface area contributed by atoms with Gasteiger partial charge in [-0.25, -0.2) is 13.1 Å². The molecule has 2 heterocycles. The first kappa shape index (κ1) is 16.7. The van der Waals surface area contributed by atoms with Gasteiger partial charge in [-0.2, -0.15) is 0 Å². The van der Waals surface area contributed by atoms with E-state index < -0.39 is 10.0 Å². The van der Waals surface area contributed by atoms with Crippen molar-refractivity contribution in [3.63, 3.8) is 0 Å². The van der Waals surface area contributed by atoms with Crippen LogP contribution in [0.5, 0.6) is 0 Å². The lowest BCUT2D eigenvalue weighted by Crippen LogP contribution is -2.51. The molecule has 2 saturated heterocycles. The predicted octanol–water partition coefficient (Wildman–Crippen LogP) is 0.259. The highest BCUT2D eigenvalue weighted by molar-refractivity contribution is 7.88. The average molecular weight is 317 g/mol. The molecule has 2 fully saturated rings. The van der Waals surface area contributed by atoms with Crippen LogP contribution in [-0.4, -0.2) is 69.1 Å². The van der Waals surface area contributed by atoms with Gasteiger partial charge in [0.15, 0.2) is 0 Å². The summed E-state index contributed by atoms with van der Waals surface area (Å²) in [6, 6.07) is -0.0667. The van der Waals surface area contributed by atoms with Gasteiger partial charge in [0.2, 0.25) is 15.9 Å². The second kappa shape index (κ2) is 7.07. The van der Waals surface area contributed by atoms with Gasteiger partial charge in [-0.1, -0.05) is 6.92 Å². The lowest BCUT2D eigenvalue weighted by atomic mass is 9.99. The van der Waals surface area contributed by atoms with Crippen LogP contribution in [0.25, 0.3) is 0 Å². The van der Waals surface area contributed by atoms with Gasteiger partial charge < -0.3 is 4.90 Å². The SMILES string of the molecule is CC1CCN(C(=O)CN2CCCC(NS(C)(=O)=O)C2)CC1. The van der Waals surface area contributed by atoms with Crippen molar-refractivity contribution in [1.82, 2.24) is 14.5 Å². The van der Waals surface area contributed by atoms with E-state index in [1.54, 1.807) is 0 Å². The molecule has 1 atom stereocenters. The molecule has 0 aromatic rings. The Morgan fingerprint density at radius 3 is 2.48 bits per heavy atom. The zero-order valence-corrected chi connectivity index (χ0v) is 13.9. The molecule has 1 N–H and O–H groups in total. The summed E-state index contributed by atoms with van der Waals surface area (Å²) in [5.74, 6) is 0.897. The highest BCUT2D eigenvalue weighted by Crippen LogP contribution is 2.17. The van der Waals surface area contributed by atoms with Gasteiger partial charge >= 0.3 is 0 Å². The fraction of sp³-hybridized carbons (Fsp3) is 0.929. The van der Waals surface area contributed by atoms with Crippen molar-refractivity contribution >= 4 is 15.9 Å². The molecular formula is C14H27N3O3S. The molecule has 2 aliphatic heterocycles. The van der Waals surface area contributed by atoms with Gasteiger partial charge in [-0.3, -0.25) is 9.69 Å². The molecule has 0 spiro atoms. The topological polar surface area (TPSA) is 69.7 Å². The molecule has 1 unspecified atom stereocenters. The third-order valence-corrected chi connectivity index (χ3v) is 5.14. The summed E-state index contributed by atoms with van der Waals surface area (Å²) in [4.78, 5) is 16.3. The average Bonchev–Trinajstić information content (AvgIpc) is 2.37. The van der Waals surface area contributed by atoms with Gasteiger partial charge in [-0.05, 0) is 38.1 Å². The van der Waals surface area contributed by atoms with Crippen molar-refractivity contribution in [2.45, 2.75) is 38.6 Å². The molecule has 0 radical (unpaired) electrons. The third kappa shape index (κ3) is 5.56. The Balaban J connectivity index is 1.80. The number of hydrogen-bond donors (Lipinski definition) is 1. The minimum atomic E-state index is -3.17. The zero-order valence-electron chi connectivity index (χ0n) is 13.0. The highest BCUT2D eigenvalue weighted by atomic mass is 32.2. The summed E-state index contributed by atoms with van der Waals surface area (Å²) in [6.07, 6.45) is 5.14. The maximum atomic E-state index is 12.3. The lowest BCUT2D eigenvalue weighted by Gasteiger charge is -2.35. The zero-order chi connectivity index (χ0) is 15.5. The van der Waals surface area contributed by atoms with Crippen LogP contribution in [0, 0.1) is 5.92 Å². The number of rotatable bonds is 4. The van der Waals surface area contributed by atoms with Gasteiger partial charge in [0, 0.05) is 25.7 Å². The van der Waals surface area contributed by atoms with Crippen molar-refractivity contribution in [2.75, 3.05) is 39.0 Å². The Bertz CT molecular complexity index is 458. The van der Waals surface area contributed by atoms with Crippen LogP contribution in [0.2, 0.25) is 0 Å². The predicted molar refractivity (Wildman–Crippen MR) is 82.4 cm³/mol. The molecule has 0 aromatic carbocycles. The summed E-state index contributed by atoms with van der Waals surface area (Å²) < 4.78 is 25.3. The summed E-state index contributed by atoms with van der Waals surface area (Å²) in [5.41, 5.74) is 0. The summed E-state index contributed by atoms with van der Waals surface area (Å²) in [6.45, 7) is 5.86. The molecule has 2 rings (SSSR count). The van der Waals surface area contributed by atoms with Crippen LogP contribution in [0.15, 0.2) is 0 Å². The normalized spacial score (nSPS) is 26.0. The molecule has 122 valence electrons. The van der Waals surface area contributed by atoms with Crippen LogP contribution in [0.1, 0.15) is 32.6 Å². The summed E-state index contributed by atoms with van der Waals surface area (Å²) in [7, 11) is -3.17. The maximum Gasteiger partial charge on any atom is 0.236 e. The van der Waals surface area contributed by atoms with E-state index >= 15 is 0 Å². The molecule has 0 aromatic heterocycles. The third-order valence-electron chi connectivity index (χ3n) is 4.38. The van der Waals surface area contributed by atoms with E-state index in [-0.39, 0.29) is 11.9 Å². The van der Waals surface area contributed by atoms with E-state index in [1.807, 2.05) is 4.90 Å². The van der Waals surface area contributed by atoms with Gasteiger partial charge in [-0.15, -0.1) is 0 Å². The Labute approximate surface area is 127 Å². The number of nitrogens with zero attached hydrogens (tertiary/aromatic N) is 2. The Morgan fingerprint density at radius 2 is 1.86 bits per heavy atom. The van der Waals surface area contributed by atoms with Crippen molar-refractivity contribution in [2.24, 2.45) is 5.92 Å². The number of amides is 1. The first-order chi connectivity index (χ1) is 9.83. The molecule has 1 amide bonds. The van der Waals surface area contributed by atoms with Crippen LogP contribution in [0.4, 0.5) is 0 Å². The second-order valence-corrected chi connectivity index (χ2v) is 8.31. The fourth-order valence-electron chi connectivity index (χ4n) is 3.15. The Morgan fingerprint density at radius 1 is 1.19 bits per heavy atom. The number of likely N-dealkylation sites (tertiary alicyclic amines) is 2. The largest absolute Gasteiger partial charge is 0.342 e. The number of sulfonamides is 1. The smallest absolute Gasteiger partial charge is 0.236 e. The molecule has 6 nitrogen and oxygen atoms in total. The van der Waals surface area contributed by atoms with Gasteiger partial charge in [0.25, 0.3) is 0 Å². The maximum absolute atomic E-state index is 12.3. The van der Waals surface area contributed by atoms with Crippen molar-refractivity contribution in [3.8, 4) is 0 Å². The number of nitrogens with one attached hydrogen (secondary N) is 1. The standard InChI is InChI=1S/C14H27N3O3S/c1-12-5-8-17(9-6-12)14(18)11-16-7-3-4-13(10-16)15-21(2,19)20/h12-13,15H,3-11H2,1-2H3.